The van der Waals surface area contributed by atoms with Gasteiger partial charge in [-0.2, -0.15) is 0 Å². The van der Waals surface area contributed by atoms with Crippen LogP contribution in [-0.4, -0.2) is 23.5 Å². The van der Waals surface area contributed by atoms with Gasteiger partial charge in [0, 0.05) is 18.5 Å². The number of aliphatic carboxylic acids is 1. The molecule has 0 aliphatic carbocycles. The lowest BCUT2D eigenvalue weighted by Gasteiger charge is -2.20. The number of unbranched alkanes of at least 4 members (excludes halogenated alkanes) is 2. The Hall–Kier alpha value is -2.28. The Morgan fingerprint density at radius 2 is 1.89 bits per heavy atom. The second-order valence-electron chi connectivity index (χ2n) is 4.12. The molecule has 0 saturated heterocycles. The summed E-state index contributed by atoms with van der Waals surface area (Å²) in [5.41, 5.74) is 0.604. The number of carboxylic acids is 1. The number of para-hydroxylation sites is 1. The largest absolute Gasteiger partial charge is 0.480 e. The molecule has 0 aliphatic heterocycles. The Kier molecular flexibility index (Phi) is 6.17. The molecule has 0 fully saturated rings. The van der Waals surface area contributed by atoms with Crippen LogP contribution in [0.5, 0.6) is 0 Å². The second-order valence-corrected chi connectivity index (χ2v) is 4.12. The summed E-state index contributed by atoms with van der Waals surface area (Å²) in [5.74, 6) is 1.30. The van der Waals surface area contributed by atoms with E-state index in [2.05, 4.69) is 5.92 Å². The van der Waals surface area contributed by atoms with E-state index in [0.29, 0.717) is 24.9 Å². The van der Waals surface area contributed by atoms with Gasteiger partial charge in [0.2, 0.25) is 5.91 Å². The molecular weight excluding hydrogens is 242 g/mol. The highest BCUT2D eigenvalue weighted by Gasteiger charge is 2.17. The monoisotopic (exact) mass is 259 g/mol. The fraction of sp³-hybridized carbons (Fsp3) is 0.333. The predicted octanol–water partition coefficient (Wildman–Crippen LogP) is 2.30. The maximum atomic E-state index is 12.1. The van der Waals surface area contributed by atoms with Crippen molar-refractivity contribution >= 4 is 17.6 Å². The summed E-state index contributed by atoms with van der Waals surface area (Å²) in [7, 11) is 0. The first kappa shape index (κ1) is 14.8. The van der Waals surface area contributed by atoms with Gasteiger partial charge in [0.05, 0.1) is 0 Å². The van der Waals surface area contributed by atoms with Crippen LogP contribution < -0.4 is 4.90 Å². The van der Waals surface area contributed by atoms with Crippen LogP contribution in [-0.2, 0) is 9.59 Å². The summed E-state index contributed by atoms with van der Waals surface area (Å²) in [6.45, 7) is -0.321. The lowest BCUT2D eigenvalue weighted by molar-refractivity contribution is -0.136. The van der Waals surface area contributed by atoms with Gasteiger partial charge in [-0.25, -0.2) is 0 Å². The molecule has 1 aromatic carbocycles. The Bertz CT molecular complexity index is 462. The van der Waals surface area contributed by atoms with Gasteiger partial charge < -0.3 is 10.0 Å². The number of hydrogen-bond donors (Lipinski definition) is 1. The van der Waals surface area contributed by atoms with E-state index < -0.39 is 5.97 Å². The Morgan fingerprint density at radius 3 is 2.47 bits per heavy atom. The molecular formula is C15H17NO3. The molecule has 100 valence electrons. The fourth-order valence-corrected chi connectivity index (χ4v) is 1.70. The number of benzene rings is 1. The quantitative estimate of drug-likeness (QED) is 0.604. The van der Waals surface area contributed by atoms with Crippen molar-refractivity contribution in [2.24, 2.45) is 0 Å². The van der Waals surface area contributed by atoms with Crippen LogP contribution in [0.3, 0.4) is 0 Å². The van der Waals surface area contributed by atoms with Gasteiger partial charge in [-0.3, -0.25) is 9.59 Å². The van der Waals surface area contributed by atoms with E-state index in [-0.39, 0.29) is 12.5 Å². The van der Waals surface area contributed by atoms with E-state index in [4.69, 9.17) is 11.5 Å². The van der Waals surface area contributed by atoms with E-state index in [9.17, 15) is 9.59 Å². The van der Waals surface area contributed by atoms with Crippen molar-refractivity contribution in [2.45, 2.75) is 25.7 Å². The average molecular weight is 259 g/mol. The van der Waals surface area contributed by atoms with Crippen LogP contribution in [0.1, 0.15) is 25.7 Å². The Labute approximate surface area is 113 Å². The molecule has 19 heavy (non-hydrogen) atoms. The molecule has 0 atom stereocenters. The maximum Gasteiger partial charge on any atom is 0.323 e. The summed E-state index contributed by atoms with van der Waals surface area (Å²) in [6.07, 6.45) is 7.53. The number of rotatable bonds is 7. The molecule has 0 bridgehead atoms. The first-order valence-electron chi connectivity index (χ1n) is 6.16. The molecule has 4 heteroatoms. The van der Waals surface area contributed by atoms with Gasteiger partial charge in [-0.15, -0.1) is 12.3 Å². The van der Waals surface area contributed by atoms with E-state index in [1.54, 1.807) is 24.3 Å². The molecule has 0 saturated carbocycles. The zero-order chi connectivity index (χ0) is 14.1. The standard InChI is InChI=1S/C15H17NO3/c1-2-3-4-8-11-14(17)16(12-15(18)19)13-9-6-5-7-10-13/h1,5-7,9-10H,3-4,8,11-12H2,(H,18,19). The highest BCUT2D eigenvalue weighted by molar-refractivity contribution is 5.97. The summed E-state index contributed by atoms with van der Waals surface area (Å²) < 4.78 is 0. The average Bonchev–Trinajstić information content (AvgIpc) is 2.41. The van der Waals surface area contributed by atoms with Crippen LogP contribution in [0.4, 0.5) is 5.69 Å². The number of amides is 1. The smallest absolute Gasteiger partial charge is 0.323 e. The number of terminal acetylenes is 1. The maximum absolute atomic E-state index is 12.1. The summed E-state index contributed by atoms with van der Waals surface area (Å²) in [6, 6.07) is 8.82. The first-order valence-corrected chi connectivity index (χ1v) is 6.16. The van der Waals surface area contributed by atoms with E-state index in [1.165, 1.54) is 4.90 Å². The van der Waals surface area contributed by atoms with Crippen molar-refractivity contribution in [2.75, 3.05) is 11.4 Å². The van der Waals surface area contributed by atoms with Crippen molar-refractivity contribution in [3.8, 4) is 12.3 Å². The number of carbonyl (C=O) groups is 2. The van der Waals surface area contributed by atoms with Crippen molar-refractivity contribution in [1.29, 1.82) is 0 Å². The van der Waals surface area contributed by atoms with E-state index in [0.717, 1.165) is 6.42 Å². The SMILES string of the molecule is C#CCCCCC(=O)N(CC(=O)O)c1ccccc1. The van der Waals surface area contributed by atoms with Gasteiger partial charge >= 0.3 is 5.97 Å². The van der Waals surface area contributed by atoms with Gasteiger partial charge in [0.1, 0.15) is 6.54 Å². The first-order chi connectivity index (χ1) is 9.15. The lowest BCUT2D eigenvalue weighted by atomic mass is 10.1. The van der Waals surface area contributed by atoms with Crippen molar-refractivity contribution in [3.05, 3.63) is 30.3 Å². The highest BCUT2D eigenvalue weighted by Crippen LogP contribution is 2.15. The molecule has 0 heterocycles. The Morgan fingerprint density at radius 1 is 1.21 bits per heavy atom. The minimum Gasteiger partial charge on any atom is -0.480 e. The molecule has 4 nitrogen and oxygen atoms in total. The number of anilines is 1. The second kappa shape index (κ2) is 7.93. The van der Waals surface area contributed by atoms with Crippen molar-refractivity contribution in [1.82, 2.24) is 0 Å². The number of carbonyl (C=O) groups excluding carboxylic acids is 1. The Balaban J connectivity index is 2.67. The minimum atomic E-state index is -1.03. The minimum absolute atomic E-state index is 0.189. The lowest BCUT2D eigenvalue weighted by Crippen LogP contribution is -2.35. The normalized spacial score (nSPS) is 9.63. The third-order valence-corrected chi connectivity index (χ3v) is 2.62. The number of carboxylic acid groups (broad SMARTS) is 1. The van der Waals surface area contributed by atoms with Gasteiger partial charge in [-0.1, -0.05) is 18.2 Å². The number of nitrogens with zero attached hydrogens (tertiary/aromatic N) is 1. The van der Waals surface area contributed by atoms with Crippen LogP contribution in [0.25, 0.3) is 0 Å². The van der Waals surface area contributed by atoms with Crippen LogP contribution >= 0.6 is 0 Å². The topological polar surface area (TPSA) is 57.6 Å². The summed E-state index contributed by atoms with van der Waals surface area (Å²) in [4.78, 5) is 24.2. The summed E-state index contributed by atoms with van der Waals surface area (Å²) >= 11 is 0. The zero-order valence-corrected chi connectivity index (χ0v) is 10.7. The van der Waals surface area contributed by atoms with Crippen molar-refractivity contribution < 1.29 is 14.7 Å². The molecule has 0 aromatic heterocycles. The van der Waals surface area contributed by atoms with Crippen LogP contribution in [0, 0.1) is 12.3 Å². The van der Waals surface area contributed by atoms with E-state index in [1.807, 2.05) is 6.07 Å². The molecule has 0 spiro atoms. The summed E-state index contributed by atoms with van der Waals surface area (Å²) in [5, 5.41) is 8.88. The van der Waals surface area contributed by atoms with Gasteiger partial charge in [-0.05, 0) is 25.0 Å². The molecule has 1 aromatic rings. The molecule has 1 amide bonds. The molecule has 1 N–H and O–H groups in total. The predicted molar refractivity (Wildman–Crippen MR) is 73.7 cm³/mol. The van der Waals surface area contributed by atoms with Crippen molar-refractivity contribution in [3.63, 3.8) is 0 Å². The molecule has 0 unspecified atom stereocenters. The van der Waals surface area contributed by atoms with Crippen LogP contribution in [0.2, 0.25) is 0 Å². The highest BCUT2D eigenvalue weighted by atomic mass is 16.4. The third-order valence-electron chi connectivity index (χ3n) is 2.62. The van der Waals surface area contributed by atoms with Crippen LogP contribution in [0.15, 0.2) is 30.3 Å². The molecule has 0 radical (unpaired) electrons. The number of hydrogen-bond acceptors (Lipinski definition) is 2. The zero-order valence-electron chi connectivity index (χ0n) is 10.7. The fourth-order valence-electron chi connectivity index (χ4n) is 1.70. The third kappa shape index (κ3) is 5.26. The van der Waals surface area contributed by atoms with Gasteiger partial charge in [0.25, 0.3) is 0 Å². The van der Waals surface area contributed by atoms with Gasteiger partial charge in [0.15, 0.2) is 0 Å². The van der Waals surface area contributed by atoms with E-state index >= 15 is 0 Å². The molecule has 1 rings (SSSR count). The molecule has 0 aliphatic rings.